The van der Waals surface area contributed by atoms with E-state index in [0.717, 1.165) is 34.4 Å². The van der Waals surface area contributed by atoms with E-state index in [9.17, 15) is 14.4 Å². The Balaban J connectivity index is 1.34. The molecule has 0 saturated heterocycles. The molecule has 0 fully saturated rings. The summed E-state index contributed by atoms with van der Waals surface area (Å²) in [6.07, 6.45) is 0. The number of aromatic nitrogens is 1. The fourth-order valence-corrected chi connectivity index (χ4v) is 4.16. The molecule has 7 heteroatoms. The highest BCUT2D eigenvalue weighted by molar-refractivity contribution is 6.00. The first-order valence-electron chi connectivity index (χ1n) is 11.4. The van der Waals surface area contributed by atoms with Crippen LogP contribution in [0.1, 0.15) is 50.2 Å². The molecule has 0 aliphatic carbocycles. The van der Waals surface area contributed by atoms with Crippen LogP contribution in [0.15, 0.2) is 63.8 Å². The van der Waals surface area contributed by atoms with Crippen LogP contribution < -0.4 is 10.4 Å². The third-order valence-corrected chi connectivity index (χ3v) is 6.04. The Morgan fingerprint density at radius 3 is 2.40 bits per heavy atom. The van der Waals surface area contributed by atoms with E-state index in [-0.39, 0.29) is 19.0 Å². The maximum Gasteiger partial charge on any atom is 0.338 e. The summed E-state index contributed by atoms with van der Waals surface area (Å²) in [7, 11) is 0. The number of nitrogens with zero attached hydrogens (tertiary/aromatic N) is 1. The van der Waals surface area contributed by atoms with Gasteiger partial charge in [0.1, 0.15) is 17.9 Å². The second kappa shape index (κ2) is 10.0. The van der Waals surface area contributed by atoms with Crippen LogP contribution in [0.5, 0.6) is 5.75 Å². The zero-order chi connectivity index (χ0) is 25.1. The highest BCUT2D eigenvalue weighted by atomic mass is 16.5. The van der Waals surface area contributed by atoms with Gasteiger partial charge in [0.15, 0.2) is 6.61 Å². The summed E-state index contributed by atoms with van der Waals surface area (Å²) in [6, 6.07) is 15.4. The number of carbonyl (C=O) groups excluding carboxylic acids is 2. The Labute approximate surface area is 202 Å². The lowest BCUT2D eigenvalue weighted by Gasteiger charge is -2.09. The van der Waals surface area contributed by atoms with E-state index < -0.39 is 11.6 Å². The molecule has 0 N–H and O–H groups in total. The molecular weight excluding hydrogens is 446 g/mol. The van der Waals surface area contributed by atoms with Gasteiger partial charge in [-0.15, -0.1) is 0 Å². The Hall–Kier alpha value is -4.13. The van der Waals surface area contributed by atoms with Gasteiger partial charge in [-0.05, 0) is 69.2 Å². The predicted octanol–water partition coefficient (Wildman–Crippen LogP) is 5.16. The van der Waals surface area contributed by atoms with Crippen LogP contribution in [0, 0.1) is 20.8 Å². The average Bonchev–Trinajstić information content (AvgIpc) is 3.13. The molecule has 0 unspecified atom stereocenters. The molecule has 0 bridgehead atoms. The maximum absolute atomic E-state index is 12.5. The molecule has 2 aromatic carbocycles. The number of hydrogen-bond donors (Lipinski definition) is 0. The number of aryl methyl sites for hydroxylation is 2. The molecule has 0 aliphatic heterocycles. The van der Waals surface area contributed by atoms with Crippen molar-refractivity contribution in [1.82, 2.24) is 4.57 Å². The summed E-state index contributed by atoms with van der Waals surface area (Å²) in [6.45, 7) is 8.44. The summed E-state index contributed by atoms with van der Waals surface area (Å²) in [5.74, 6) is -0.219. The molecule has 0 atom stereocenters. The van der Waals surface area contributed by atoms with Crippen LogP contribution in [0.25, 0.3) is 11.0 Å². The number of rotatable bonds is 8. The summed E-state index contributed by atoms with van der Waals surface area (Å²) in [5, 5.41) is 0.853. The normalized spacial score (nSPS) is 11.0. The van der Waals surface area contributed by atoms with Crippen molar-refractivity contribution < 1.29 is 23.5 Å². The zero-order valence-electron chi connectivity index (χ0n) is 20.2. The van der Waals surface area contributed by atoms with Gasteiger partial charge in [-0.2, -0.15) is 0 Å². The van der Waals surface area contributed by atoms with Crippen LogP contribution in [0.2, 0.25) is 0 Å². The first-order chi connectivity index (χ1) is 16.8. The molecule has 180 valence electrons. The van der Waals surface area contributed by atoms with Gasteiger partial charge in [0.05, 0.1) is 5.56 Å². The molecule has 0 spiro atoms. The molecule has 0 saturated carbocycles. The largest absolute Gasteiger partial charge is 0.489 e. The lowest BCUT2D eigenvalue weighted by atomic mass is 10.1. The zero-order valence-corrected chi connectivity index (χ0v) is 20.2. The SMILES string of the molecule is CCn1c(C)cc(C(=O)COC(=O)c2ccc(COc3ccc4c(C)cc(=O)oc4c3)cc2)c1C. The summed E-state index contributed by atoms with van der Waals surface area (Å²) in [4.78, 5) is 36.6. The number of benzene rings is 2. The van der Waals surface area contributed by atoms with Gasteiger partial charge < -0.3 is 18.5 Å². The van der Waals surface area contributed by atoms with E-state index in [1.165, 1.54) is 6.07 Å². The fourth-order valence-electron chi connectivity index (χ4n) is 4.16. The number of ether oxygens (including phenoxy) is 2. The minimum Gasteiger partial charge on any atom is -0.489 e. The van der Waals surface area contributed by atoms with Gasteiger partial charge in [0, 0.05) is 41.0 Å². The van der Waals surface area contributed by atoms with Crippen LogP contribution in [0.4, 0.5) is 0 Å². The van der Waals surface area contributed by atoms with E-state index in [2.05, 4.69) is 0 Å². The highest BCUT2D eigenvalue weighted by Gasteiger charge is 2.17. The van der Waals surface area contributed by atoms with Crippen molar-refractivity contribution in [2.75, 3.05) is 6.61 Å². The van der Waals surface area contributed by atoms with Crippen LogP contribution >= 0.6 is 0 Å². The molecule has 0 amide bonds. The van der Waals surface area contributed by atoms with E-state index in [4.69, 9.17) is 13.9 Å². The van der Waals surface area contributed by atoms with Gasteiger partial charge in [-0.1, -0.05) is 12.1 Å². The Morgan fingerprint density at radius 1 is 0.971 bits per heavy atom. The first-order valence-corrected chi connectivity index (χ1v) is 11.4. The summed E-state index contributed by atoms with van der Waals surface area (Å²) >= 11 is 0. The molecule has 7 nitrogen and oxygen atoms in total. The van der Waals surface area contributed by atoms with E-state index in [1.807, 2.05) is 50.5 Å². The van der Waals surface area contributed by atoms with E-state index in [0.29, 0.717) is 22.5 Å². The molecule has 4 rings (SSSR count). The predicted molar refractivity (Wildman–Crippen MR) is 132 cm³/mol. The quantitative estimate of drug-likeness (QED) is 0.200. The monoisotopic (exact) mass is 473 g/mol. The van der Waals surface area contributed by atoms with Crippen molar-refractivity contribution in [3.05, 3.63) is 98.7 Å². The minimum atomic E-state index is -0.560. The number of hydrogen-bond acceptors (Lipinski definition) is 6. The molecule has 2 heterocycles. The van der Waals surface area contributed by atoms with E-state index >= 15 is 0 Å². The lowest BCUT2D eigenvalue weighted by Crippen LogP contribution is -2.15. The Kier molecular flexibility index (Phi) is 6.87. The smallest absolute Gasteiger partial charge is 0.338 e. The molecule has 35 heavy (non-hydrogen) atoms. The Morgan fingerprint density at radius 2 is 1.71 bits per heavy atom. The molecular formula is C28H27NO6. The summed E-state index contributed by atoms with van der Waals surface area (Å²) in [5.41, 5.74) is 4.56. The fraction of sp³-hybridized carbons (Fsp3) is 0.250. The number of ketones is 1. The van der Waals surface area contributed by atoms with E-state index in [1.54, 1.807) is 30.3 Å². The van der Waals surface area contributed by atoms with Gasteiger partial charge in [0.2, 0.25) is 5.78 Å². The molecule has 4 aromatic rings. The number of carbonyl (C=O) groups is 2. The molecule has 0 aliphatic rings. The topological polar surface area (TPSA) is 87.7 Å². The Bertz CT molecular complexity index is 1460. The minimum absolute atomic E-state index is 0.224. The van der Waals surface area contributed by atoms with Gasteiger partial charge >= 0.3 is 11.6 Å². The van der Waals surface area contributed by atoms with Crippen molar-refractivity contribution in [2.24, 2.45) is 0 Å². The average molecular weight is 474 g/mol. The van der Waals surface area contributed by atoms with Crippen LogP contribution in [0.3, 0.4) is 0 Å². The van der Waals surface area contributed by atoms with Gasteiger partial charge in [-0.3, -0.25) is 4.79 Å². The number of Topliss-reactive ketones (excluding diaryl/α,β-unsaturated/α-hetero) is 1. The molecule has 0 radical (unpaired) electrons. The van der Waals surface area contributed by atoms with Crippen LogP contribution in [-0.2, 0) is 17.9 Å². The van der Waals surface area contributed by atoms with Crippen molar-refractivity contribution in [1.29, 1.82) is 0 Å². The lowest BCUT2D eigenvalue weighted by molar-refractivity contribution is 0.0474. The third kappa shape index (κ3) is 5.19. The highest BCUT2D eigenvalue weighted by Crippen LogP contribution is 2.23. The van der Waals surface area contributed by atoms with Crippen molar-refractivity contribution in [3.8, 4) is 5.75 Å². The van der Waals surface area contributed by atoms with Gasteiger partial charge in [0.25, 0.3) is 0 Å². The number of fused-ring (bicyclic) bond motifs is 1. The second-order valence-corrected chi connectivity index (χ2v) is 8.42. The van der Waals surface area contributed by atoms with Gasteiger partial charge in [-0.25, -0.2) is 9.59 Å². The van der Waals surface area contributed by atoms with Crippen molar-refractivity contribution in [2.45, 2.75) is 40.8 Å². The summed E-state index contributed by atoms with van der Waals surface area (Å²) < 4.78 is 18.4. The van der Waals surface area contributed by atoms with Crippen molar-refractivity contribution >= 4 is 22.7 Å². The number of esters is 1. The standard InChI is InChI=1S/C28H27NO6/c1-5-29-18(3)13-24(19(29)4)25(30)16-34-28(32)21-8-6-20(7-9-21)15-33-22-10-11-23-17(2)12-27(31)35-26(23)14-22/h6-14H,5,15-16H2,1-4H3. The third-order valence-electron chi connectivity index (χ3n) is 6.04. The van der Waals surface area contributed by atoms with Crippen LogP contribution in [-0.4, -0.2) is 22.9 Å². The van der Waals surface area contributed by atoms with Crippen molar-refractivity contribution in [3.63, 3.8) is 0 Å². The first kappa shape index (κ1) is 24.0. The maximum atomic E-state index is 12.5. The molecule has 2 aromatic heterocycles. The second-order valence-electron chi connectivity index (χ2n) is 8.42.